The molecule has 10 rings (SSSR count). The van der Waals surface area contributed by atoms with Crippen LogP contribution in [0, 0.1) is 0 Å². The van der Waals surface area contributed by atoms with Crippen LogP contribution >= 0.6 is 15.9 Å². The van der Waals surface area contributed by atoms with Crippen LogP contribution in [0.25, 0.3) is 88.0 Å². The van der Waals surface area contributed by atoms with Gasteiger partial charge in [-0.3, -0.25) is 0 Å². The number of hydrogen-bond acceptors (Lipinski definition) is 0. The van der Waals surface area contributed by atoms with Crippen molar-refractivity contribution in [2.75, 3.05) is 0 Å². The Labute approximate surface area is 311 Å². The summed E-state index contributed by atoms with van der Waals surface area (Å²) in [5.41, 5.74) is 13.4. The van der Waals surface area contributed by atoms with Gasteiger partial charge in [0.1, 0.15) is 0 Å². The second-order valence-corrected chi connectivity index (χ2v) is 15.0. The van der Waals surface area contributed by atoms with E-state index in [1.165, 1.54) is 87.9 Å². The lowest BCUT2D eigenvalue weighted by molar-refractivity contribution is 0.869. The van der Waals surface area contributed by atoms with Crippen LogP contribution in [-0.2, 0) is 0 Å². The summed E-state index contributed by atoms with van der Waals surface area (Å²) in [6, 6.07) is 62.3. The van der Waals surface area contributed by atoms with Crippen LogP contribution in [0.4, 0.5) is 0 Å². The summed E-state index contributed by atoms with van der Waals surface area (Å²) in [5.74, 6) is 0.351. The highest BCUT2D eigenvalue weighted by Gasteiger charge is 2.18. The van der Waals surface area contributed by atoms with Crippen molar-refractivity contribution in [3.63, 3.8) is 0 Å². The van der Waals surface area contributed by atoms with Gasteiger partial charge in [-0.2, -0.15) is 0 Å². The van der Waals surface area contributed by atoms with E-state index in [9.17, 15) is 0 Å². The van der Waals surface area contributed by atoms with Crippen LogP contribution in [0.5, 0.6) is 0 Å². The van der Waals surface area contributed by atoms with Gasteiger partial charge in [0.15, 0.2) is 0 Å². The van der Waals surface area contributed by atoms with E-state index in [0.717, 1.165) is 10.2 Å². The molecule has 0 aliphatic rings. The minimum absolute atomic E-state index is 0.351. The maximum atomic E-state index is 3.90. The predicted molar refractivity (Wildman–Crippen MR) is 225 cm³/mol. The number of nitrogens with zero attached hydrogens (tertiary/aromatic N) is 2. The molecular weight excluding hydrogens is 696 g/mol. The Kier molecular flexibility index (Phi) is 7.19. The lowest BCUT2D eigenvalue weighted by atomic mass is 9.89. The summed E-state index contributed by atoms with van der Waals surface area (Å²) in [4.78, 5) is 0. The molecule has 0 saturated heterocycles. The quantitative estimate of drug-likeness (QED) is 0.167. The van der Waals surface area contributed by atoms with E-state index < -0.39 is 0 Å². The van der Waals surface area contributed by atoms with E-state index in [2.05, 4.69) is 209 Å². The molecular formula is C49H35BrN2. The first-order chi connectivity index (χ1) is 25.5. The molecule has 0 amide bonds. The van der Waals surface area contributed by atoms with Crippen molar-refractivity contribution in [2.45, 2.75) is 19.8 Å². The van der Waals surface area contributed by atoms with Gasteiger partial charge in [0.05, 0.1) is 22.1 Å². The van der Waals surface area contributed by atoms with Crippen molar-refractivity contribution < 1.29 is 0 Å². The zero-order valence-corrected chi connectivity index (χ0v) is 30.6. The Hall–Kier alpha value is -5.90. The van der Waals surface area contributed by atoms with Gasteiger partial charge in [0.2, 0.25) is 0 Å². The molecule has 0 fully saturated rings. The van der Waals surface area contributed by atoms with Crippen LogP contribution < -0.4 is 0 Å². The molecule has 2 heterocycles. The Morgan fingerprint density at radius 2 is 1.00 bits per heavy atom. The van der Waals surface area contributed by atoms with Crippen molar-refractivity contribution in [3.05, 3.63) is 180 Å². The summed E-state index contributed by atoms with van der Waals surface area (Å²) < 4.78 is 5.86. The van der Waals surface area contributed by atoms with E-state index in [1.807, 2.05) is 0 Å². The molecule has 0 unspecified atom stereocenters. The van der Waals surface area contributed by atoms with E-state index in [1.54, 1.807) is 0 Å². The SMILES string of the molecule is CC(C)c1cc(-c2cc(Br)cc(-n3c4ccccc4c4c5ccccc5ccc43)c2)ccc1-c1ccc(-n2c3ccccc3c3ccccc32)cc1. The zero-order valence-electron chi connectivity index (χ0n) is 29.0. The van der Waals surface area contributed by atoms with Crippen LogP contribution in [0.2, 0.25) is 0 Å². The van der Waals surface area contributed by atoms with Gasteiger partial charge in [-0.1, -0.05) is 145 Å². The fourth-order valence-electron chi connectivity index (χ4n) is 8.36. The van der Waals surface area contributed by atoms with E-state index in [0.29, 0.717) is 5.92 Å². The lowest BCUT2D eigenvalue weighted by Crippen LogP contribution is -1.97. The molecule has 3 heteroatoms. The first-order valence-electron chi connectivity index (χ1n) is 18.0. The molecule has 2 nitrogen and oxygen atoms in total. The minimum Gasteiger partial charge on any atom is -0.309 e. The molecule has 0 N–H and O–H groups in total. The van der Waals surface area contributed by atoms with Crippen molar-refractivity contribution in [1.29, 1.82) is 0 Å². The number of fused-ring (bicyclic) bond motifs is 8. The smallest absolute Gasteiger partial charge is 0.0547 e. The molecule has 8 aromatic carbocycles. The highest BCUT2D eigenvalue weighted by Crippen LogP contribution is 2.40. The van der Waals surface area contributed by atoms with E-state index >= 15 is 0 Å². The zero-order chi connectivity index (χ0) is 34.9. The first-order valence-corrected chi connectivity index (χ1v) is 18.8. The number of hydrogen-bond donors (Lipinski definition) is 0. The van der Waals surface area contributed by atoms with Crippen molar-refractivity contribution in [3.8, 4) is 33.6 Å². The Bertz CT molecular complexity index is 2940. The third-order valence-corrected chi connectivity index (χ3v) is 11.2. The number of halogens is 1. The number of para-hydroxylation sites is 3. The van der Waals surface area contributed by atoms with Gasteiger partial charge in [0, 0.05) is 37.4 Å². The fraction of sp³-hybridized carbons (Fsp3) is 0.0612. The molecule has 0 aliphatic carbocycles. The Balaban J connectivity index is 1.07. The molecule has 0 aliphatic heterocycles. The fourth-order valence-corrected chi connectivity index (χ4v) is 8.84. The second kappa shape index (κ2) is 12.1. The van der Waals surface area contributed by atoms with E-state index in [-0.39, 0.29) is 0 Å². The third kappa shape index (κ3) is 4.84. The predicted octanol–water partition coefficient (Wildman–Crippen LogP) is 14.3. The van der Waals surface area contributed by atoms with Gasteiger partial charge in [-0.05, 0) is 99.1 Å². The second-order valence-electron chi connectivity index (χ2n) is 14.1. The molecule has 0 bridgehead atoms. The normalized spacial score (nSPS) is 11.9. The highest BCUT2D eigenvalue weighted by atomic mass is 79.9. The van der Waals surface area contributed by atoms with Crippen LogP contribution in [0.1, 0.15) is 25.3 Å². The van der Waals surface area contributed by atoms with Gasteiger partial charge in [-0.15, -0.1) is 0 Å². The first kappa shape index (κ1) is 30.9. The monoisotopic (exact) mass is 730 g/mol. The van der Waals surface area contributed by atoms with Crippen LogP contribution in [-0.4, -0.2) is 9.13 Å². The average molecular weight is 732 g/mol. The highest BCUT2D eigenvalue weighted by molar-refractivity contribution is 9.10. The molecule has 0 spiro atoms. The Morgan fingerprint density at radius 3 is 1.69 bits per heavy atom. The molecule has 248 valence electrons. The number of rotatable bonds is 5. The lowest BCUT2D eigenvalue weighted by Gasteiger charge is -2.17. The van der Waals surface area contributed by atoms with Gasteiger partial charge in [-0.25, -0.2) is 0 Å². The van der Waals surface area contributed by atoms with Crippen LogP contribution in [0.15, 0.2) is 174 Å². The molecule has 0 saturated carbocycles. The van der Waals surface area contributed by atoms with Crippen LogP contribution in [0.3, 0.4) is 0 Å². The summed E-state index contributed by atoms with van der Waals surface area (Å²) in [5, 5.41) is 7.67. The van der Waals surface area contributed by atoms with Crippen molar-refractivity contribution in [1.82, 2.24) is 9.13 Å². The molecule has 10 aromatic rings. The standard InChI is InChI=1S/C49H35BrN2/c1-31(2)44-29-34(21-25-39(44)33-19-23-37(24-20-33)51-45-16-8-5-13-41(45)42-14-6-9-17-46(42)51)35-27-36(50)30-38(28-35)52-47-18-10-7-15-43(47)49-40-12-4-3-11-32(40)22-26-48(49)52/h3-31H,1-2H3. The molecule has 0 radical (unpaired) electrons. The molecule has 52 heavy (non-hydrogen) atoms. The number of aromatic nitrogens is 2. The van der Waals surface area contributed by atoms with Crippen molar-refractivity contribution >= 4 is 70.3 Å². The average Bonchev–Trinajstić information content (AvgIpc) is 3.71. The third-order valence-electron chi connectivity index (χ3n) is 10.7. The Morgan fingerprint density at radius 1 is 0.423 bits per heavy atom. The summed E-state index contributed by atoms with van der Waals surface area (Å²) >= 11 is 3.90. The maximum Gasteiger partial charge on any atom is 0.0547 e. The largest absolute Gasteiger partial charge is 0.309 e. The van der Waals surface area contributed by atoms with E-state index in [4.69, 9.17) is 0 Å². The van der Waals surface area contributed by atoms with Gasteiger partial charge >= 0.3 is 0 Å². The topological polar surface area (TPSA) is 9.86 Å². The van der Waals surface area contributed by atoms with Gasteiger partial charge in [0.25, 0.3) is 0 Å². The minimum atomic E-state index is 0.351. The maximum absolute atomic E-state index is 3.90. The number of benzene rings is 8. The molecule has 0 atom stereocenters. The van der Waals surface area contributed by atoms with Gasteiger partial charge < -0.3 is 9.13 Å². The summed E-state index contributed by atoms with van der Waals surface area (Å²) in [6.45, 7) is 4.59. The molecule has 2 aromatic heterocycles. The summed E-state index contributed by atoms with van der Waals surface area (Å²) in [6.07, 6.45) is 0. The summed E-state index contributed by atoms with van der Waals surface area (Å²) in [7, 11) is 0. The van der Waals surface area contributed by atoms with Crippen molar-refractivity contribution in [2.24, 2.45) is 0 Å².